The predicted molar refractivity (Wildman–Crippen MR) is 91.5 cm³/mol. The van der Waals surface area contributed by atoms with Crippen LogP contribution in [0.15, 0.2) is 28.7 Å². The Morgan fingerprint density at radius 3 is 2.29 bits per heavy atom. The molecule has 0 aliphatic heterocycles. The van der Waals surface area contributed by atoms with Gasteiger partial charge in [0.2, 0.25) is 0 Å². The van der Waals surface area contributed by atoms with Gasteiger partial charge in [0.15, 0.2) is 0 Å². The largest absolute Gasteiger partial charge is 0.308 e. The number of rotatable bonds is 4. The summed E-state index contributed by atoms with van der Waals surface area (Å²) in [6, 6.07) is 8.57. The smallest absolute Gasteiger partial charge is 0.0738 e. The summed E-state index contributed by atoms with van der Waals surface area (Å²) in [4.78, 5) is 0. The van der Waals surface area contributed by atoms with Gasteiger partial charge in [0.1, 0.15) is 0 Å². The van der Waals surface area contributed by atoms with E-state index in [0.717, 1.165) is 23.3 Å². The molecule has 2 rings (SSSR count). The zero-order valence-corrected chi connectivity index (χ0v) is 15.1. The minimum Gasteiger partial charge on any atom is -0.308 e. The lowest BCUT2D eigenvalue weighted by molar-refractivity contribution is 0.423. The lowest BCUT2D eigenvalue weighted by Crippen LogP contribution is -2.35. The quantitative estimate of drug-likeness (QED) is 0.896. The first-order valence-electron chi connectivity index (χ1n) is 7.29. The molecule has 0 aliphatic carbocycles. The highest BCUT2D eigenvalue weighted by atomic mass is 79.9. The van der Waals surface area contributed by atoms with Crippen LogP contribution >= 0.6 is 15.9 Å². The van der Waals surface area contributed by atoms with Crippen LogP contribution in [0.3, 0.4) is 0 Å². The Morgan fingerprint density at radius 2 is 1.76 bits per heavy atom. The van der Waals surface area contributed by atoms with Crippen LogP contribution in [0.4, 0.5) is 0 Å². The molecule has 21 heavy (non-hydrogen) atoms. The fourth-order valence-corrected chi connectivity index (χ4v) is 2.52. The highest BCUT2D eigenvalue weighted by Crippen LogP contribution is 2.21. The first-order valence-corrected chi connectivity index (χ1v) is 8.08. The first kappa shape index (κ1) is 16.2. The second kappa shape index (κ2) is 6.32. The second-order valence-corrected chi connectivity index (χ2v) is 7.31. The van der Waals surface area contributed by atoms with Crippen molar-refractivity contribution in [3.05, 3.63) is 51.3 Å². The molecule has 0 atom stereocenters. The molecule has 1 aromatic heterocycles. The summed E-state index contributed by atoms with van der Waals surface area (Å²) in [5, 5.41) is 8.16. The van der Waals surface area contributed by atoms with E-state index in [-0.39, 0.29) is 5.54 Å². The van der Waals surface area contributed by atoms with E-state index in [1.54, 1.807) is 0 Å². The van der Waals surface area contributed by atoms with Crippen LogP contribution < -0.4 is 5.32 Å². The lowest BCUT2D eigenvalue weighted by Gasteiger charge is -2.21. The fourth-order valence-electron chi connectivity index (χ4n) is 2.23. The third-order valence-electron chi connectivity index (χ3n) is 3.54. The highest BCUT2D eigenvalue weighted by molar-refractivity contribution is 9.10. The molecule has 0 fully saturated rings. The molecule has 114 valence electrons. The lowest BCUT2D eigenvalue weighted by atomic mass is 10.0. The van der Waals surface area contributed by atoms with E-state index in [1.165, 1.54) is 16.8 Å². The number of aryl methyl sites for hydroxylation is 1. The summed E-state index contributed by atoms with van der Waals surface area (Å²) in [5.41, 5.74) is 4.97. The van der Waals surface area contributed by atoms with Gasteiger partial charge in [-0.1, -0.05) is 24.3 Å². The van der Waals surface area contributed by atoms with Crippen LogP contribution in [-0.4, -0.2) is 15.3 Å². The zero-order valence-electron chi connectivity index (χ0n) is 13.5. The molecule has 0 radical (unpaired) electrons. The Balaban J connectivity index is 2.22. The van der Waals surface area contributed by atoms with Crippen LogP contribution in [0.25, 0.3) is 0 Å². The van der Waals surface area contributed by atoms with Gasteiger partial charge < -0.3 is 5.32 Å². The third-order valence-corrected chi connectivity index (χ3v) is 4.69. The topological polar surface area (TPSA) is 29.9 Å². The van der Waals surface area contributed by atoms with Crippen molar-refractivity contribution in [2.75, 3.05) is 0 Å². The average molecular weight is 350 g/mol. The maximum atomic E-state index is 4.60. The molecule has 0 amide bonds. The van der Waals surface area contributed by atoms with Crippen molar-refractivity contribution in [2.45, 2.75) is 53.2 Å². The average Bonchev–Trinajstić information content (AvgIpc) is 2.64. The Morgan fingerprint density at radius 1 is 1.14 bits per heavy atom. The van der Waals surface area contributed by atoms with Crippen LogP contribution in [0.2, 0.25) is 0 Å². The van der Waals surface area contributed by atoms with Crippen molar-refractivity contribution in [3.63, 3.8) is 0 Å². The van der Waals surface area contributed by atoms with Gasteiger partial charge in [0.05, 0.1) is 22.4 Å². The van der Waals surface area contributed by atoms with Gasteiger partial charge in [0, 0.05) is 12.1 Å². The Labute approximate surface area is 135 Å². The number of aromatic nitrogens is 2. The fraction of sp³-hybridized carbons (Fsp3) is 0.471. The molecular formula is C17H24BrN3. The third kappa shape index (κ3) is 4.17. The number of hydrogen-bond acceptors (Lipinski definition) is 2. The van der Waals surface area contributed by atoms with E-state index in [1.807, 2.05) is 6.92 Å². The summed E-state index contributed by atoms with van der Waals surface area (Å²) < 4.78 is 3.17. The van der Waals surface area contributed by atoms with Crippen molar-refractivity contribution in [1.82, 2.24) is 15.1 Å². The van der Waals surface area contributed by atoms with Gasteiger partial charge in [0.25, 0.3) is 0 Å². The number of nitrogens with one attached hydrogen (secondary N) is 1. The molecule has 1 heterocycles. The molecule has 0 unspecified atom stereocenters. The standard InChI is InChI=1S/C17H24BrN3/c1-12-16(18)13(2)21(20-12)11-15-9-7-6-8-14(15)10-19-17(3,4)5/h6-9,19H,10-11H2,1-5H3. The predicted octanol–water partition coefficient (Wildman–Crippen LogP) is 4.20. The molecule has 4 heteroatoms. The van der Waals surface area contributed by atoms with E-state index < -0.39 is 0 Å². The molecule has 1 N–H and O–H groups in total. The van der Waals surface area contributed by atoms with Crippen LogP contribution in [0, 0.1) is 13.8 Å². The molecule has 2 aromatic rings. The SMILES string of the molecule is Cc1nn(Cc2ccccc2CNC(C)(C)C)c(C)c1Br. The van der Waals surface area contributed by atoms with Crippen LogP contribution in [-0.2, 0) is 13.1 Å². The van der Waals surface area contributed by atoms with Gasteiger partial charge in [-0.15, -0.1) is 0 Å². The van der Waals surface area contributed by atoms with Gasteiger partial charge in [-0.05, 0) is 61.7 Å². The van der Waals surface area contributed by atoms with Crippen molar-refractivity contribution in [3.8, 4) is 0 Å². The molecule has 0 bridgehead atoms. The first-order chi connectivity index (χ1) is 9.78. The minimum absolute atomic E-state index is 0.119. The van der Waals surface area contributed by atoms with E-state index in [4.69, 9.17) is 0 Å². The summed E-state index contributed by atoms with van der Waals surface area (Å²) in [6.45, 7) is 12.4. The summed E-state index contributed by atoms with van der Waals surface area (Å²) in [7, 11) is 0. The van der Waals surface area contributed by atoms with Crippen molar-refractivity contribution < 1.29 is 0 Å². The molecular weight excluding hydrogens is 326 g/mol. The van der Waals surface area contributed by atoms with E-state index in [2.05, 4.69) is 83.0 Å². The molecule has 1 aromatic carbocycles. The van der Waals surface area contributed by atoms with Gasteiger partial charge >= 0.3 is 0 Å². The van der Waals surface area contributed by atoms with E-state index in [0.29, 0.717) is 0 Å². The van der Waals surface area contributed by atoms with Gasteiger partial charge in [-0.3, -0.25) is 4.68 Å². The summed E-state index contributed by atoms with van der Waals surface area (Å²) >= 11 is 3.59. The highest BCUT2D eigenvalue weighted by Gasteiger charge is 2.13. The molecule has 0 aliphatic rings. The van der Waals surface area contributed by atoms with Crippen molar-refractivity contribution in [1.29, 1.82) is 0 Å². The minimum atomic E-state index is 0.119. The second-order valence-electron chi connectivity index (χ2n) is 6.51. The maximum absolute atomic E-state index is 4.60. The molecule has 0 saturated carbocycles. The van der Waals surface area contributed by atoms with Crippen molar-refractivity contribution >= 4 is 15.9 Å². The monoisotopic (exact) mass is 349 g/mol. The number of hydrogen-bond donors (Lipinski definition) is 1. The van der Waals surface area contributed by atoms with Crippen LogP contribution in [0.5, 0.6) is 0 Å². The summed E-state index contributed by atoms with van der Waals surface area (Å²) in [5.74, 6) is 0. The van der Waals surface area contributed by atoms with Gasteiger partial charge in [-0.2, -0.15) is 5.10 Å². The normalized spacial score (nSPS) is 11.9. The Bertz CT molecular complexity index is 623. The molecule has 0 saturated heterocycles. The number of benzene rings is 1. The maximum Gasteiger partial charge on any atom is 0.0738 e. The van der Waals surface area contributed by atoms with Gasteiger partial charge in [-0.25, -0.2) is 0 Å². The number of halogens is 1. The van der Waals surface area contributed by atoms with E-state index in [9.17, 15) is 0 Å². The Hall–Kier alpha value is -1.13. The zero-order chi connectivity index (χ0) is 15.6. The van der Waals surface area contributed by atoms with E-state index >= 15 is 0 Å². The molecule has 0 spiro atoms. The Kier molecular flexibility index (Phi) is 4.89. The molecule has 3 nitrogen and oxygen atoms in total. The number of nitrogens with zero attached hydrogens (tertiary/aromatic N) is 2. The van der Waals surface area contributed by atoms with Crippen molar-refractivity contribution in [2.24, 2.45) is 0 Å². The summed E-state index contributed by atoms with van der Waals surface area (Å²) in [6.07, 6.45) is 0. The van der Waals surface area contributed by atoms with Crippen LogP contribution in [0.1, 0.15) is 43.3 Å².